The Morgan fingerprint density at radius 1 is 0.913 bits per heavy atom. The van der Waals surface area contributed by atoms with Crippen LogP contribution in [-0.4, -0.2) is 11.8 Å². The van der Waals surface area contributed by atoms with Crippen LogP contribution in [0.15, 0.2) is 42.5 Å². The highest BCUT2D eigenvalue weighted by Gasteiger charge is 2.08. The van der Waals surface area contributed by atoms with Crippen LogP contribution in [0.3, 0.4) is 0 Å². The molecule has 2 amide bonds. The molecule has 120 valence electrons. The maximum atomic E-state index is 12.2. The van der Waals surface area contributed by atoms with E-state index in [1.807, 2.05) is 50.2 Å². The Morgan fingerprint density at radius 2 is 1.65 bits per heavy atom. The van der Waals surface area contributed by atoms with Gasteiger partial charge in [0.25, 0.3) is 0 Å². The first-order valence-electron chi connectivity index (χ1n) is 7.74. The van der Waals surface area contributed by atoms with E-state index in [0.29, 0.717) is 18.5 Å². The summed E-state index contributed by atoms with van der Waals surface area (Å²) in [5.74, 6) is -0.118. The molecular weight excluding hydrogens is 288 g/mol. The molecule has 0 fully saturated rings. The predicted molar refractivity (Wildman–Crippen MR) is 93.6 cm³/mol. The number of amides is 2. The lowest BCUT2D eigenvalue weighted by Gasteiger charge is -2.11. The molecule has 23 heavy (non-hydrogen) atoms. The van der Waals surface area contributed by atoms with Crippen molar-refractivity contribution in [3.8, 4) is 0 Å². The zero-order chi connectivity index (χ0) is 16.8. The zero-order valence-corrected chi connectivity index (χ0v) is 13.8. The van der Waals surface area contributed by atoms with Crippen molar-refractivity contribution in [3.05, 3.63) is 59.2 Å². The van der Waals surface area contributed by atoms with Gasteiger partial charge in [0, 0.05) is 17.8 Å². The molecular formula is C19H22N2O2. The molecule has 2 rings (SSSR count). The van der Waals surface area contributed by atoms with E-state index in [0.717, 1.165) is 22.4 Å². The number of carbonyl (C=O) groups excluding carboxylic acids is 2. The summed E-state index contributed by atoms with van der Waals surface area (Å²) in [6.07, 6.45) is 0.751. The van der Waals surface area contributed by atoms with Gasteiger partial charge in [-0.05, 0) is 42.7 Å². The lowest BCUT2D eigenvalue weighted by molar-refractivity contribution is -0.116. The first kappa shape index (κ1) is 16.7. The molecule has 0 bridgehead atoms. The number of aryl methyl sites for hydroxylation is 2. The van der Waals surface area contributed by atoms with E-state index in [2.05, 4.69) is 10.6 Å². The molecule has 0 aromatic heterocycles. The van der Waals surface area contributed by atoms with Crippen LogP contribution in [-0.2, 0) is 16.0 Å². The van der Waals surface area contributed by atoms with E-state index in [-0.39, 0.29) is 11.8 Å². The van der Waals surface area contributed by atoms with E-state index in [9.17, 15) is 9.59 Å². The Morgan fingerprint density at radius 3 is 2.35 bits per heavy atom. The maximum Gasteiger partial charge on any atom is 0.228 e. The Balaban J connectivity index is 2.08. The third-order valence-corrected chi connectivity index (χ3v) is 3.73. The molecule has 0 saturated carbocycles. The van der Waals surface area contributed by atoms with Crippen LogP contribution >= 0.6 is 0 Å². The monoisotopic (exact) mass is 310 g/mol. The van der Waals surface area contributed by atoms with Crippen LogP contribution in [0.5, 0.6) is 0 Å². The first-order chi connectivity index (χ1) is 11.0. The van der Waals surface area contributed by atoms with Gasteiger partial charge in [-0.25, -0.2) is 0 Å². The quantitative estimate of drug-likeness (QED) is 0.881. The van der Waals surface area contributed by atoms with Gasteiger partial charge in [0.2, 0.25) is 11.8 Å². The van der Waals surface area contributed by atoms with E-state index < -0.39 is 0 Å². The van der Waals surface area contributed by atoms with Crippen LogP contribution in [0.2, 0.25) is 0 Å². The van der Waals surface area contributed by atoms with Crippen molar-refractivity contribution in [1.29, 1.82) is 0 Å². The number of hydrogen-bond acceptors (Lipinski definition) is 2. The fourth-order valence-corrected chi connectivity index (χ4v) is 2.26. The minimum Gasteiger partial charge on any atom is -0.326 e. The smallest absolute Gasteiger partial charge is 0.228 e. The maximum absolute atomic E-state index is 12.2. The molecule has 0 radical (unpaired) electrons. The Kier molecular flexibility index (Phi) is 5.52. The summed E-state index contributed by atoms with van der Waals surface area (Å²) in [6.45, 7) is 5.72. The van der Waals surface area contributed by atoms with Crippen molar-refractivity contribution >= 4 is 23.2 Å². The first-order valence-corrected chi connectivity index (χ1v) is 7.74. The molecule has 0 atom stereocenters. The van der Waals surface area contributed by atoms with Crippen LogP contribution in [0.25, 0.3) is 0 Å². The number of nitrogens with one attached hydrogen (secondary N) is 2. The van der Waals surface area contributed by atoms with E-state index in [1.54, 1.807) is 13.0 Å². The van der Waals surface area contributed by atoms with Gasteiger partial charge in [-0.15, -0.1) is 0 Å². The third kappa shape index (κ3) is 4.68. The normalized spacial score (nSPS) is 10.2. The molecule has 0 aliphatic rings. The molecule has 0 aliphatic carbocycles. The Bertz CT molecular complexity index is 723. The Labute approximate surface area is 136 Å². The van der Waals surface area contributed by atoms with E-state index in [4.69, 9.17) is 0 Å². The highest BCUT2D eigenvalue weighted by atomic mass is 16.2. The summed E-state index contributed by atoms with van der Waals surface area (Å²) in [7, 11) is 0. The zero-order valence-electron chi connectivity index (χ0n) is 13.8. The summed E-state index contributed by atoms with van der Waals surface area (Å²) in [5, 5.41) is 5.73. The molecule has 4 nitrogen and oxygen atoms in total. The van der Waals surface area contributed by atoms with Crippen LogP contribution in [0.1, 0.15) is 30.0 Å². The summed E-state index contributed by atoms with van der Waals surface area (Å²) in [5.41, 5.74) is 4.48. The molecule has 2 aromatic rings. The van der Waals surface area contributed by atoms with Crippen molar-refractivity contribution in [3.63, 3.8) is 0 Å². The highest BCUT2D eigenvalue weighted by Crippen LogP contribution is 2.21. The largest absolute Gasteiger partial charge is 0.326 e. The van der Waals surface area contributed by atoms with Gasteiger partial charge in [-0.1, -0.05) is 37.3 Å². The summed E-state index contributed by atoms with van der Waals surface area (Å²) in [6, 6.07) is 13.4. The fraction of sp³-hybridized carbons (Fsp3) is 0.263. The van der Waals surface area contributed by atoms with Gasteiger partial charge in [0.1, 0.15) is 0 Å². The van der Waals surface area contributed by atoms with Crippen LogP contribution in [0.4, 0.5) is 11.4 Å². The minimum atomic E-state index is -0.0732. The second-order valence-corrected chi connectivity index (χ2v) is 5.58. The van der Waals surface area contributed by atoms with Gasteiger partial charge >= 0.3 is 0 Å². The molecule has 2 aromatic carbocycles. The second-order valence-electron chi connectivity index (χ2n) is 5.58. The number of hydrogen-bond donors (Lipinski definition) is 2. The number of carbonyl (C=O) groups is 2. The van der Waals surface area contributed by atoms with Gasteiger partial charge in [0.15, 0.2) is 0 Å². The number of rotatable bonds is 5. The molecule has 4 heteroatoms. The van der Waals surface area contributed by atoms with Crippen molar-refractivity contribution < 1.29 is 9.59 Å². The SMILES string of the molecule is CCC(=O)Nc1cc(NC(=O)Cc2ccccc2C)ccc1C. The average molecular weight is 310 g/mol. The topological polar surface area (TPSA) is 58.2 Å². The predicted octanol–water partition coefficient (Wildman–Crippen LogP) is 3.83. The van der Waals surface area contributed by atoms with E-state index >= 15 is 0 Å². The second kappa shape index (κ2) is 7.58. The van der Waals surface area contributed by atoms with Gasteiger partial charge in [0.05, 0.1) is 6.42 Å². The summed E-state index contributed by atoms with van der Waals surface area (Å²) >= 11 is 0. The van der Waals surface area contributed by atoms with Crippen molar-refractivity contribution in [1.82, 2.24) is 0 Å². The standard InChI is InChI=1S/C19H22N2O2/c1-4-18(22)21-17-12-16(10-9-14(17)3)20-19(23)11-15-8-6-5-7-13(15)2/h5-10,12H,4,11H2,1-3H3,(H,20,23)(H,21,22). The highest BCUT2D eigenvalue weighted by molar-refractivity contribution is 5.95. The van der Waals surface area contributed by atoms with E-state index in [1.165, 1.54) is 0 Å². The van der Waals surface area contributed by atoms with Crippen molar-refractivity contribution in [2.45, 2.75) is 33.6 Å². The van der Waals surface area contributed by atoms with Crippen LogP contribution < -0.4 is 10.6 Å². The van der Waals surface area contributed by atoms with Gasteiger partial charge < -0.3 is 10.6 Å². The molecule has 2 N–H and O–H groups in total. The van der Waals surface area contributed by atoms with Gasteiger partial charge in [-0.3, -0.25) is 9.59 Å². The number of anilines is 2. The molecule has 0 saturated heterocycles. The Hall–Kier alpha value is -2.62. The molecule has 0 unspecified atom stereocenters. The van der Waals surface area contributed by atoms with Gasteiger partial charge in [-0.2, -0.15) is 0 Å². The lowest BCUT2D eigenvalue weighted by Crippen LogP contribution is -2.16. The summed E-state index contributed by atoms with van der Waals surface area (Å²) in [4.78, 5) is 23.8. The van der Waals surface area contributed by atoms with Crippen molar-refractivity contribution in [2.75, 3.05) is 10.6 Å². The summed E-state index contributed by atoms with van der Waals surface area (Å²) < 4.78 is 0. The molecule has 0 spiro atoms. The molecule has 0 aliphatic heterocycles. The van der Waals surface area contributed by atoms with Crippen LogP contribution in [0, 0.1) is 13.8 Å². The fourth-order valence-electron chi connectivity index (χ4n) is 2.26. The van der Waals surface area contributed by atoms with Crippen molar-refractivity contribution in [2.24, 2.45) is 0 Å². The minimum absolute atomic E-state index is 0.0449. The lowest BCUT2D eigenvalue weighted by atomic mass is 10.1. The average Bonchev–Trinajstić information content (AvgIpc) is 2.52. The molecule has 0 heterocycles. The number of benzene rings is 2. The third-order valence-electron chi connectivity index (χ3n) is 3.73.